The number of amides is 2. The van der Waals surface area contributed by atoms with Gasteiger partial charge in [-0.05, 0) is 29.1 Å². The number of halogens is 4. The van der Waals surface area contributed by atoms with E-state index in [2.05, 4.69) is 21.2 Å². The highest BCUT2D eigenvalue weighted by Crippen LogP contribution is 2.47. The summed E-state index contributed by atoms with van der Waals surface area (Å²) in [5, 5.41) is 14.6. The first kappa shape index (κ1) is 19.8. The van der Waals surface area contributed by atoms with Crippen molar-refractivity contribution in [2.45, 2.75) is 17.9 Å². The number of ketones is 1. The summed E-state index contributed by atoms with van der Waals surface area (Å²) in [6, 6.07) is 6.58. The van der Waals surface area contributed by atoms with Gasteiger partial charge in [0.05, 0.1) is 10.9 Å². The minimum atomic E-state index is -5.25. The standard InChI is InChI=1S/C17H14BrF3N2O3S/c1-23-15(25)22-13(9-4-6-10(18)7-5-9)12(16(23,26)17(19,20)21)14(24)11-3-2-8-27-11/h2-8,12-13,26H,1H3,(H,22,25)/t12-,13+,16-/m0/s1. The van der Waals surface area contributed by atoms with Crippen LogP contribution in [-0.2, 0) is 0 Å². The molecule has 3 rings (SSSR count). The van der Waals surface area contributed by atoms with E-state index in [1.807, 2.05) is 0 Å². The van der Waals surface area contributed by atoms with Crippen molar-refractivity contribution < 1.29 is 27.9 Å². The van der Waals surface area contributed by atoms with Gasteiger partial charge in [-0.2, -0.15) is 13.2 Å². The number of urea groups is 1. The highest BCUT2D eigenvalue weighted by Gasteiger charge is 2.69. The molecule has 1 fully saturated rings. The summed E-state index contributed by atoms with van der Waals surface area (Å²) in [5.41, 5.74) is -3.38. The SMILES string of the molecule is CN1C(=O)N[C@H](c2ccc(Br)cc2)[C@@H](C(=O)c2cccs2)[C@]1(O)C(F)(F)F. The first-order chi connectivity index (χ1) is 12.6. The smallest absolute Gasteiger partial charge is 0.363 e. The molecule has 1 aliphatic rings. The maximum atomic E-state index is 13.9. The number of thiophene rings is 1. The van der Waals surface area contributed by atoms with Gasteiger partial charge in [-0.15, -0.1) is 11.3 Å². The minimum Gasteiger partial charge on any atom is -0.363 e. The third-order valence-corrected chi connectivity index (χ3v) is 5.97. The van der Waals surface area contributed by atoms with Crippen LogP contribution in [0.3, 0.4) is 0 Å². The van der Waals surface area contributed by atoms with Crippen molar-refractivity contribution in [1.82, 2.24) is 10.2 Å². The highest BCUT2D eigenvalue weighted by molar-refractivity contribution is 9.10. The van der Waals surface area contributed by atoms with Gasteiger partial charge in [-0.3, -0.25) is 9.69 Å². The van der Waals surface area contributed by atoms with Gasteiger partial charge in [0.15, 0.2) is 5.78 Å². The first-order valence-electron chi connectivity index (χ1n) is 7.74. The molecule has 1 aromatic heterocycles. The lowest BCUT2D eigenvalue weighted by Gasteiger charge is -2.49. The van der Waals surface area contributed by atoms with Crippen LogP contribution in [0.5, 0.6) is 0 Å². The molecule has 144 valence electrons. The predicted molar refractivity (Wildman–Crippen MR) is 96.3 cm³/mol. The quantitative estimate of drug-likeness (QED) is 0.678. The topological polar surface area (TPSA) is 69.6 Å². The van der Waals surface area contributed by atoms with Crippen LogP contribution >= 0.6 is 27.3 Å². The Labute approximate surface area is 164 Å². The van der Waals surface area contributed by atoms with Crippen LogP contribution in [0, 0.1) is 5.92 Å². The Bertz CT molecular complexity index is 857. The highest BCUT2D eigenvalue weighted by atomic mass is 79.9. The fourth-order valence-corrected chi connectivity index (χ4v) is 4.10. The Hall–Kier alpha value is -1.91. The number of hydrogen-bond acceptors (Lipinski definition) is 4. The molecule has 2 amide bonds. The molecule has 0 spiro atoms. The lowest BCUT2D eigenvalue weighted by Crippen LogP contribution is -2.72. The van der Waals surface area contributed by atoms with Crippen molar-refractivity contribution in [3.05, 3.63) is 56.7 Å². The number of nitrogens with one attached hydrogen (secondary N) is 1. The van der Waals surface area contributed by atoms with E-state index >= 15 is 0 Å². The molecule has 0 bridgehead atoms. The van der Waals surface area contributed by atoms with Crippen molar-refractivity contribution in [1.29, 1.82) is 0 Å². The maximum Gasteiger partial charge on any atom is 0.437 e. The second-order valence-electron chi connectivity index (χ2n) is 6.08. The molecule has 2 aromatic rings. The Balaban J connectivity index is 2.19. The Morgan fingerprint density at radius 1 is 1.30 bits per heavy atom. The van der Waals surface area contributed by atoms with E-state index in [9.17, 15) is 27.9 Å². The van der Waals surface area contributed by atoms with Gasteiger partial charge in [-0.25, -0.2) is 4.79 Å². The van der Waals surface area contributed by atoms with Crippen molar-refractivity contribution >= 4 is 39.1 Å². The molecule has 10 heteroatoms. The van der Waals surface area contributed by atoms with Gasteiger partial charge in [0, 0.05) is 11.5 Å². The van der Waals surface area contributed by atoms with E-state index in [1.165, 1.54) is 24.3 Å². The second kappa shape index (κ2) is 6.92. The van der Waals surface area contributed by atoms with E-state index in [0.29, 0.717) is 4.47 Å². The van der Waals surface area contributed by atoms with Crippen molar-refractivity contribution in [3.63, 3.8) is 0 Å². The molecule has 2 N–H and O–H groups in total. The van der Waals surface area contributed by atoms with Crippen LogP contribution in [0.2, 0.25) is 0 Å². The van der Waals surface area contributed by atoms with Crippen molar-refractivity contribution in [2.24, 2.45) is 5.92 Å². The Morgan fingerprint density at radius 3 is 2.44 bits per heavy atom. The lowest BCUT2D eigenvalue weighted by atomic mass is 9.78. The summed E-state index contributed by atoms with van der Waals surface area (Å²) in [5.74, 6) is -2.88. The molecule has 0 radical (unpaired) electrons. The van der Waals surface area contributed by atoms with E-state index in [4.69, 9.17) is 0 Å². The third kappa shape index (κ3) is 3.26. The van der Waals surface area contributed by atoms with Crippen molar-refractivity contribution in [2.75, 3.05) is 7.05 Å². The minimum absolute atomic E-state index is 0.0642. The fraction of sp³-hybridized carbons (Fsp3) is 0.294. The largest absolute Gasteiger partial charge is 0.437 e. The number of rotatable bonds is 3. The molecule has 2 heterocycles. The molecule has 1 aromatic carbocycles. The summed E-state index contributed by atoms with van der Waals surface area (Å²) in [6.07, 6.45) is -5.25. The number of carbonyl (C=O) groups is 2. The summed E-state index contributed by atoms with van der Waals surface area (Å²) < 4.78 is 42.5. The van der Waals surface area contributed by atoms with E-state index < -0.39 is 35.7 Å². The van der Waals surface area contributed by atoms with Crippen LogP contribution < -0.4 is 5.32 Å². The zero-order valence-corrected chi connectivity index (χ0v) is 16.2. The maximum absolute atomic E-state index is 13.9. The molecular weight excluding hydrogens is 449 g/mol. The van der Waals surface area contributed by atoms with Gasteiger partial charge < -0.3 is 10.4 Å². The predicted octanol–water partition coefficient (Wildman–Crippen LogP) is 3.96. The van der Waals surface area contributed by atoms with Crippen LogP contribution in [0.15, 0.2) is 46.3 Å². The summed E-state index contributed by atoms with van der Waals surface area (Å²) >= 11 is 4.20. The average molecular weight is 463 g/mol. The van der Waals surface area contributed by atoms with Crippen LogP contribution in [0.25, 0.3) is 0 Å². The normalized spacial score (nSPS) is 26.0. The summed E-state index contributed by atoms with van der Waals surface area (Å²) in [6.45, 7) is 0. The number of hydrogen-bond donors (Lipinski definition) is 2. The molecular formula is C17H14BrF3N2O3S. The van der Waals surface area contributed by atoms with E-state index in [-0.39, 0.29) is 15.3 Å². The summed E-state index contributed by atoms with van der Waals surface area (Å²) in [7, 11) is 0.815. The molecule has 1 aliphatic heterocycles. The average Bonchev–Trinajstić information content (AvgIpc) is 3.13. The monoisotopic (exact) mass is 462 g/mol. The Kier molecular flexibility index (Phi) is 5.08. The second-order valence-corrected chi connectivity index (χ2v) is 7.94. The zero-order chi connectivity index (χ0) is 20.0. The van der Waals surface area contributed by atoms with Gasteiger partial charge in [0.1, 0.15) is 5.92 Å². The molecule has 5 nitrogen and oxygen atoms in total. The van der Waals surface area contributed by atoms with Crippen LogP contribution in [-0.4, -0.2) is 40.8 Å². The van der Waals surface area contributed by atoms with E-state index in [1.54, 1.807) is 17.5 Å². The number of alkyl halides is 3. The molecule has 3 atom stereocenters. The molecule has 0 aliphatic carbocycles. The number of aliphatic hydroxyl groups is 1. The van der Waals surface area contributed by atoms with Crippen LogP contribution in [0.1, 0.15) is 21.3 Å². The molecule has 0 unspecified atom stereocenters. The van der Waals surface area contributed by atoms with E-state index in [0.717, 1.165) is 18.4 Å². The molecule has 27 heavy (non-hydrogen) atoms. The van der Waals surface area contributed by atoms with Crippen molar-refractivity contribution in [3.8, 4) is 0 Å². The molecule has 1 saturated heterocycles. The Morgan fingerprint density at radius 2 is 1.93 bits per heavy atom. The zero-order valence-electron chi connectivity index (χ0n) is 13.8. The first-order valence-corrected chi connectivity index (χ1v) is 9.41. The van der Waals surface area contributed by atoms with Crippen LogP contribution in [0.4, 0.5) is 18.0 Å². The van der Waals surface area contributed by atoms with Gasteiger partial charge >= 0.3 is 12.2 Å². The van der Waals surface area contributed by atoms with Gasteiger partial charge in [0.25, 0.3) is 5.72 Å². The number of carbonyl (C=O) groups excluding carboxylic acids is 2. The number of Topliss-reactive ketones (excluding diaryl/α,β-unsaturated/α-hetero) is 1. The third-order valence-electron chi connectivity index (χ3n) is 4.55. The lowest BCUT2D eigenvalue weighted by molar-refractivity contribution is -0.322. The molecule has 0 saturated carbocycles. The number of benzene rings is 1. The number of nitrogens with zero attached hydrogens (tertiary/aromatic N) is 1. The fourth-order valence-electron chi connectivity index (χ4n) is 3.13. The van der Waals surface area contributed by atoms with Gasteiger partial charge in [-0.1, -0.05) is 34.1 Å². The van der Waals surface area contributed by atoms with Gasteiger partial charge in [0.2, 0.25) is 0 Å². The summed E-state index contributed by atoms with van der Waals surface area (Å²) in [4.78, 5) is 25.4.